The lowest BCUT2D eigenvalue weighted by atomic mass is 10.1. The highest BCUT2D eigenvalue weighted by Crippen LogP contribution is 2.21. The molecule has 0 radical (unpaired) electrons. The fourth-order valence-electron chi connectivity index (χ4n) is 2.38. The van der Waals surface area contributed by atoms with E-state index in [1.807, 2.05) is 12.1 Å². The number of hydrogen-bond acceptors (Lipinski definition) is 7. The van der Waals surface area contributed by atoms with Crippen LogP contribution in [0, 0.1) is 0 Å². The highest BCUT2D eigenvalue weighted by Gasteiger charge is 2.25. The molecule has 1 amide bonds. The normalized spacial score (nSPS) is 10.1. The molecule has 9 heteroatoms. The molecule has 0 aliphatic rings. The number of anilines is 1. The van der Waals surface area contributed by atoms with Crippen molar-refractivity contribution in [3.8, 4) is 0 Å². The van der Waals surface area contributed by atoms with Crippen molar-refractivity contribution in [2.45, 2.75) is 19.8 Å². The molecule has 0 bridgehead atoms. The molecule has 8 nitrogen and oxygen atoms in total. The van der Waals surface area contributed by atoms with Gasteiger partial charge in [-0.3, -0.25) is 19.5 Å². The van der Waals surface area contributed by atoms with Crippen LogP contribution < -0.4 is 4.90 Å². The molecule has 2 aromatic heterocycles. The van der Waals surface area contributed by atoms with Gasteiger partial charge in [0.15, 0.2) is 16.3 Å². The molecular formula is C18H18BrN3O5. The Labute approximate surface area is 165 Å². The van der Waals surface area contributed by atoms with Gasteiger partial charge in [-0.1, -0.05) is 0 Å². The molecule has 0 atom stereocenters. The lowest BCUT2D eigenvalue weighted by molar-refractivity contribution is -0.145. The van der Waals surface area contributed by atoms with Crippen molar-refractivity contribution in [2.75, 3.05) is 18.1 Å². The van der Waals surface area contributed by atoms with Crippen LogP contribution in [0.25, 0.3) is 0 Å². The van der Waals surface area contributed by atoms with Gasteiger partial charge in [0.05, 0.1) is 6.61 Å². The molecular weight excluding hydrogens is 418 g/mol. The maximum Gasteiger partial charge on any atom is 0.353 e. The fraction of sp³-hybridized carbons (Fsp3) is 0.278. The van der Waals surface area contributed by atoms with Gasteiger partial charge < -0.3 is 8.57 Å². The van der Waals surface area contributed by atoms with Crippen molar-refractivity contribution in [3.05, 3.63) is 54.0 Å². The summed E-state index contributed by atoms with van der Waals surface area (Å²) in [5.74, 6) is -1.75. The monoisotopic (exact) mass is 435 g/mol. The molecule has 27 heavy (non-hydrogen) atoms. The van der Waals surface area contributed by atoms with E-state index in [4.69, 9.17) is 4.74 Å². The number of carbonyl (C=O) groups is 3. The third-order valence-corrected chi connectivity index (χ3v) is 3.90. The number of carbonyl (C=O) groups excluding carboxylic acids is 3. The first-order valence-corrected chi connectivity index (χ1v) is 8.84. The zero-order chi connectivity index (χ0) is 19.6. The minimum Gasteiger partial charge on any atom is -0.466 e. The first-order valence-electron chi connectivity index (χ1n) is 8.19. The van der Waals surface area contributed by atoms with E-state index in [1.54, 1.807) is 25.4 Å². The van der Waals surface area contributed by atoms with Crippen molar-refractivity contribution in [2.24, 2.45) is 0 Å². The molecule has 2 aromatic rings. The van der Waals surface area contributed by atoms with Crippen LogP contribution in [0.2, 0.25) is 0 Å². The Hall–Kier alpha value is -2.81. The molecule has 0 aliphatic carbocycles. The van der Waals surface area contributed by atoms with Gasteiger partial charge >= 0.3 is 11.9 Å². The summed E-state index contributed by atoms with van der Waals surface area (Å²) in [4.78, 5) is 45.9. The number of pyridine rings is 2. The van der Waals surface area contributed by atoms with Crippen LogP contribution >= 0.6 is 16.3 Å². The van der Waals surface area contributed by atoms with E-state index in [9.17, 15) is 14.4 Å². The third-order valence-electron chi connectivity index (χ3n) is 3.61. The van der Waals surface area contributed by atoms with Gasteiger partial charge in [-0.15, -0.1) is 0 Å². The molecule has 0 spiro atoms. The van der Waals surface area contributed by atoms with Crippen molar-refractivity contribution < 1.29 is 22.9 Å². The van der Waals surface area contributed by atoms with E-state index in [1.165, 1.54) is 17.2 Å². The number of aromatic nitrogens is 2. The zero-order valence-electron chi connectivity index (χ0n) is 14.6. The molecule has 0 fully saturated rings. The Bertz CT molecular complexity index is 801. The Morgan fingerprint density at radius 3 is 2.56 bits per heavy atom. The molecule has 0 saturated heterocycles. The highest BCUT2D eigenvalue weighted by molar-refractivity contribution is 9.06. The number of hydrogen-bond donors (Lipinski definition) is 0. The second kappa shape index (κ2) is 10.4. The van der Waals surface area contributed by atoms with E-state index in [0.717, 1.165) is 5.56 Å². The van der Waals surface area contributed by atoms with Gasteiger partial charge in [-0.2, -0.15) is 0 Å². The summed E-state index contributed by atoms with van der Waals surface area (Å²) in [5, 5.41) is 0. The van der Waals surface area contributed by atoms with Gasteiger partial charge in [0.25, 0.3) is 0 Å². The first-order chi connectivity index (χ1) is 13.1. The van der Waals surface area contributed by atoms with Crippen LogP contribution in [0.3, 0.4) is 0 Å². The molecule has 0 unspecified atom stereocenters. The van der Waals surface area contributed by atoms with Gasteiger partial charge in [0, 0.05) is 25.1 Å². The second-order valence-electron chi connectivity index (χ2n) is 5.37. The molecule has 0 aromatic carbocycles. The SMILES string of the molecule is CCOC(=O)CC(=O)N(CCc1ccncc1)c1ncccc1C(=O)OBr. The average molecular weight is 436 g/mol. The lowest BCUT2D eigenvalue weighted by Gasteiger charge is -2.23. The predicted molar refractivity (Wildman–Crippen MR) is 100 cm³/mol. The summed E-state index contributed by atoms with van der Waals surface area (Å²) in [7, 11) is 0. The summed E-state index contributed by atoms with van der Waals surface area (Å²) in [6.07, 6.45) is 4.78. The molecule has 0 N–H and O–H groups in total. The molecule has 0 saturated carbocycles. The lowest BCUT2D eigenvalue weighted by Crippen LogP contribution is -2.36. The third kappa shape index (κ3) is 5.85. The summed E-state index contributed by atoms with van der Waals surface area (Å²) in [5.41, 5.74) is 1.04. The van der Waals surface area contributed by atoms with Gasteiger partial charge in [0.2, 0.25) is 5.91 Å². The summed E-state index contributed by atoms with van der Waals surface area (Å²) in [6, 6.07) is 6.68. The van der Waals surface area contributed by atoms with Crippen LogP contribution in [0.5, 0.6) is 0 Å². The van der Waals surface area contributed by atoms with Gasteiger partial charge in [0.1, 0.15) is 17.8 Å². The smallest absolute Gasteiger partial charge is 0.353 e. The average Bonchev–Trinajstić information content (AvgIpc) is 2.69. The Balaban J connectivity index is 2.30. The van der Waals surface area contributed by atoms with Crippen molar-refractivity contribution in [1.82, 2.24) is 9.97 Å². The van der Waals surface area contributed by atoms with E-state index in [-0.39, 0.29) is 24.5 Å². The predicted octanol–water partition coefficient (Wildman–Crippen LogP) is 2.47. The summed E-state index contributed by atoms with van der Waals surface area (Å²) < 4.78 is 9.43. The summed E-state index contributed by atoms with van der Waals surface area (Å²) >= 11 is 2.65. The minimum atomic E-state index is -0.698. The Morgan fingerprint density at radius 2 is 1.89 bits per heavy atom. The fourth-order valence-corrected chi connectivity index (χ4v) is 2.56. The van der Waals surface area contributed by atoms with Crippen molar-refractivity contribution >= 4 is 39.9 Å². The van der Waals surface area contributed by atoms with Gasteiger partial charge in [-0.25, -0.2) is 9.78 Å². The molecule has 0 aliphatic heterocycles. The Morgan fingerprint density at radius 1 is 1.15 bits per heavy atom. The molecule has 142 valence electrons. The van der Waals surface area contributed by atoms with Crippen LogP contribution in [-0.4, -0.2) is 41.0 Å². The topological polar surface area (TPSA) is 98.7 Å². The van der Waals surface area contributed by atoms with Crippen LogP contribution in [-0.2, 0) is 24.6 Å². The Kier molecular flexibility index (Phi) is 7.87. The van der Waals surface area contributed by atoms with E-state index in [0.29, 0.717) is 6.42 Å². The van der Waals surface area contributed by atoms with Crippen molar-refractivity contribution in [1.29, 1.82) is 0 Å². The molecule has 2 rings (SSSR count). The number of ether oxygens (including phenoxy) is 1. The summed E-state index contributed by atoms with van der Waals surface area (Å²) in [6.45, 7) is 2.04. The highest BCUT2D eigenvalue weighted by atomic mass is 79.9. The maximum atomic E-state index is 12.7. The van der Waals surface area contributed by atoms with Gasteiger partial charge in [-0.05, 0) is 43.2 Å². The van der Waals surface area contributed by atoms with Crippen LogP contribution in [0.1, 0.15) is 29.3 Å². The second-order valence-corrected chi connectivity index (χ2v) is 5.70. The van der Waals surface area contributed by atoms with Crippen LogP contribution in [0.15, 0.2) is 42.9 Å². The zero-order valence-corrected chi connectivity index (χ0v) is 16.2. The van der Waals surface area contributed by atoms with Crippen molar-refractivity contribution in [3.63, 3.8) is 0 Å². The number of nitrogens with zero attached hydrogens (tertiary/aromatic N) is 3. The standard InChI is InChI=1S/C18H18BrN3O5/c1-2-26-16(24)12-15(23)22(11-7-13-5-9-20-10-6-13)17-14(18(25)27-19)4-3-8-21-17/h3-6,8-10H,2,7,11-12H2,1H3. The minimum absolute atomic E-state index is 0.0984. The molecule has 2 heterocycles. The number of amides is 1. The van der Waals surface area contributed by atoms with E-state index in [2.05, 4.69) is 30.1 Å². The quantitative estimate of drug-likeness (QED) is 0.463. The van der Waals surface area contributed by atoms with E-state index < -0.39 is 24.3 Å². The number of rotatable bonds is 8. The first kappa shape index (κ1) is 20.5. The van der Waals surface area contributed by atoms with E-state index >= 15 is 0 Å². The number of halogens is 1. The van der Waals surface area contributed by atoms with Crippen LogP contribution in [0.4, 0.5) is 5.82 Å². The largest absolute Gasteiger partial charge is 0.466 e. The maximum absolute atomic E-state index is 12.7. The number of esters is 1.